The van der Waals surface area contributed by atoms with Crippen molar-refractivity contribution in [1.82, 2.24) is 10.6 Å². The molecule has 0 aliphatic heterocycles. The van der Waals surface area contributed by atoms with Gasteiger partial charge in [0.05, 0.1) is 12.1 Å². The van der Waals surface area contributed by atoms with Gasteiger partial charge in [0, 0.05) is 12.6 Å². The van der Waals surface area contributed by atoms with Crippen LogP contribution in [0.3, 0.4) is 0 Å². The molecule has 1 fully saturated rings. The number of hydrogen-bond donors (Lipinski definition) is 2. The zero-order chi connectivity index (χ0) is 16.3. The predicted molar refractivity (Wildman–Crippen MR) is 76.9 cm³/mol. The van der Waals surface area contributed by atoms with E-state index in [1.165, 1.54) is 0 Å². The molecule has 1 aromatic carbocycles. The number of alkyl halides is 3. The minimum absolute atomic E-state index is 0.0463. The van der Waals surface area contributed by atoms with Gasteiger partial charge in [-0.2, -0.15) is 13.2 Å². The van der Waals surface area contributed by atoms with E-state index in [0.717, 1.165) is 18.6 Å². The lowest BCUT2D eigenvalue weighted by Crippen LogP contribution is -2.39. The first kappa shape index (κ1) is 16.6. The first-order valence-electron chi connectivity index (χ1n) is 7.21. The Kier molecular flexibility index (Phi) is 4.93. The van der Waals surface area contributed by atoms with E-state index in [4.69, 9.17) is 0 Å². The van der Waals surface area contributed by atoms with Gasteiger partial charge in [-0.25, -0.2) is 9.38 Å². The third-order valence-corrected chi connectivity index (χ3v) is 3.56. The molecule has 0 radical (unpaired) electrons. The maximum Gasteiger partial charge on any atom is 0.416 e. The standard InChI is InChI=1S/C15H19F4N3/c1-3-20-14(22-13-6-9(13)2)21-8-10-4-5-11(16)7-12(10)15(17,18)19/h4-5,7,9,13H,3,6,8H2,1-2H3,(H2,20,21,22). The molecule has 1 saturated carbocycles. The highest BCUT2D eigenvalue weighted by atomic mass is 19.4. The summed E-state index contributed by atoms with van der Waals surface area (Å²) in [5.41, 5.74) is -1.03. The molecule has 0 amide bonds. The fourth-order valence-electron chi connectivity index (χ4n) is 2.13. The van der Waals surface area contributed by atoms with Crippen LogP contribution < -0.4 is 10.6 Å². The van der Waals surface area contributed by atoms with Crippen molar-refractivity contribution in [3.63, 3.8) is 0 Å². The summed E-state index contributed by atoms with van der Waals surface area (Å²) in [7, 11) is 0. The van der Waals surface area contributed by atoms with Crippen LogP contribution in [0.25, 0.3) is 0 Å². The monoisotopic (exact) mass is 317 g/mol. The third-order valence-electron chi connectivity index (χ3n) is 3.56. The van der Waals surface area contributed by atoms with Crippen LogP contribution in [0.1, 0.15) is 31.4 Å². The normalized spacial score (nSPS) is 21.6. The van der Waals surface area contributed by atoms with Gasteiger partial charge in [-0.3, -0.25) is 0 Å². The summed E-state index contributed by atoms with van der Waals surface area (Å²) in [5.74, 6) is 0.117. The number of aliphatic imine (C=N–C) groups is 1. The molecule has 1 aliphatic rings. The van der Waals surface area contributed by atoms with Gasteiger partial charge in [0.15, 0.2) is 5.96 Å². The topological polar surface area (TPSA) is 36.4 Å². The number of benzene rings is 1. The molecule has 0 aromatic heterocycles. The quantitative estimate of drug-likeness (QED) is 0.508. The fourth-order valence-corrected chi connectivity index (χ4v) is 2.13. The van der Waals surface area contributed by atoms with Crippen molar-refractivity contribution >= 4 is 5.96 Å². The highest BCUT2D eigenvalue weighted by Crippen LogP contribution is 2.33. The van der Waals surface area contributed by atoms with Gasteiger partial charge in [-0.05, 0) is 37.0 Å². The van der Waals surface area contributed by atoms with Gasteiger partial charge < -0.3 is 10.6 Å². The van der Waals surface area contributed by atoms with E-state index in [2.05, 4.69) is 22.5 Å². The molecule has 2 N–H and O–H groups in total. The SMILES string of the molecule is CCNC(=NCc1ccc(F)cc1C(F)(F)F)NC1CC1C. The molecule has 7 heteroatoms. The Morgan fingerprint density at radius 3 is 2.59 bits per heavy atom. The van der Waals surface area contributed by atoms with E-state index in [1.807, 2.05) is 6.92 Å². The second-order valence-corrected chi connectivity index (χ2v) is 5.46. The summed E-state index contributed by atoms with van der Waals surface area (Å²) in [5, 5.41) is 6.16. The van der Waals surface area contributed by atoms with Crippen LogP contribution >= 0.6 is 0 Å². The molecule has 1 aromatic rings. The lowest BCUT2D eigenvalue weighted by molar-refractivity contribution is -0.138. The number of halogens is 4. The predicted octanol–water partition coefficient (Wildman–Crippen LogP) is 3.31. The number of hydrogen-bond acceptors (Lipinski definition) is 1. The first-order valence-corrected chi connectivity index (χ1v) is 7.21. The highest BCUT2D eigenvalue weighted by Gasteiger charge is 2.34. The van der Waals surface area contributed by atoms with Crippen LogP contribution in [0.5, 0.6) is 0 Å². The van der Waals surface area contributed by atoms with E-state index in [9.17, 15) is 17.6 Å². The Labute approximate surface area is 126 Å². The minimum Gasteiger partial charge on any atom is -0.357 e. The molecular formula is C15H19F4N3. The van der Waals surface area contributed by atoms with Crippen molar-refractivity contribution in [1.29, 1.82) is 0 Å². The summed E-state index contributed by atoms with van der Waals surface area (Å²) in [6.45, 7) is 4.42. The van der Waals surface area contributed by atoms with Gasteiger partial charge in [-0.1, -0.05) is 13.0 Å². The van der Waals surface area contributed by atoms with Crippen LogP contribution in [-0.2, 0) is 12.7 Å². The second kappa shape index (κ2) is 6.54. The van der Waals surface area contributed by atoms with E-state index in [-0.39, 0.29) is 12.1 Å². The molecular weight excluding hydrogens is 298 g/mol. The summed E-state index contributed by atoms with van der Waals surface area (Å²) >= 11 is 0. The molecule has 2 unspecified atom stereocenters. The van der Waals surface area contributed by atoms with Crippen molar-refractivity contribution in [2.45, 2.75) is 39.0 Å². The Morgan fingerprint density at radius 2 is 2.05 bits per heavy atom. The Balaban J connectivity index is 2.15. The molecule has 2 atom stereocenters. The van der Waals surface area contributed by atoms with Gasteiger partial charge in [0.2, 0.25) is 0 Å². The number of nitrogens with zero attached hydrogens (tertiary/aromatic N) is 1. The van der Waals surface area contributed by atoms with Gasteiger partial charge in [-0.15, -0.1) is 0 Å². The Bertz CT molecular complexity index is 554. The van der Waals surface area contributed by atoms with Crippen molar-refractivity contribution in [3.8, 4) is 0 Å². The molecule has 1 aliphatic carbocycles. The van der Waals surface area contributed by atoms with Crippen LogP contribution in [0.4, 0.5) is 17.6 Å². The number of rotatable bonds is 4. The zero-order valence-corrected chi connectivity index (χ0v) is 12.5. The minimum atomic E-state index is -4.59. The van der Waals surface area contributed by atoms with Gasteiger partial charge >= 0.3 is 6.18 Å². The van der Waals surface area contributed by atoms with Crippen LogP contribution in [-0.4, -0.2) is 18.5 Å². The summed E-state index contributed by atoms with van der Waals surface area (Å²) < 4.78 is 51.8. The Hall–Kier alpha value is -1.79. The van der Waals surface area contributed by atoms with Gasteiger partial charge in [0.25, 0.3) is 0 Å². The maximum atomic E-state index is 13.1. The Morgan fingerprint density at radius 1 is 1.36 bits per heavy atom. The molecule has 3 nitrogen and oxygen atoms in total. The molecule has 0 spiro atoms. The molecule has 0 heterocycles. The first-order chi connectivity index (χ1) is 10.3. The third kappa shape index (κ3) is 4.35. The summed E-state index contributed by atoms with van der Waals surface area (Å²) in [6.07, 6.45) is -3.57. The van der Waals surface area contributed by atoms with E-state index in [0.29, 0.717) is 30.5 Å². The van der Waals surface area contributed by atoms with Crippen molar-refractivity contribution in [2.75, 3.05) is 6.54 Å². The van der Waals surface area contributed by atoms with Crippen molar-refractivity contribution in [3.05, 3.63) is 35.1 Å². The van der Waals surface area contributed by atoms with Crippen LogP contribution in [0.2, 0.25) is 0 Å². The zero-order valence-electron chi connectivity index (χ0n) is 12.5. The average Bonchev–Trinajstić information content (AvgIpc) is 3.11. The smallest absolute Gasteiger partial charge is 0.357 e. The molecule has 0 saturated heterocycles. The van der Waals surface area contributed by atoms with Crippen molar-refractivity contribution in [2.24, 2.45) is 10.9 Å². The summed E-state index contributed by atoms with van der Waals surface area (Å²) in [4.78, 5) is 4.17. The number of guanidine groups is 1. The summed E-state index contributed by atoms with van der Waals surface area (Å²) in [6, 6.07) is 2.97. The lowest BCUT2D eigenvalue weighted by Gasteiger charge is -2.14. The largest absolute Gasteiger partial charge is 0.416 e. The van der Waals surface area contributed by atoms with Crippen LogP contribution in [0, 0.1) is 11.7 Å². The molecule has 0 bridgehead atoms. The van der Waals surface area contributed by atoms with E-state index in [1.54, 1.807) is 0 Å². The lowest BCUT2D eigenvalue weighted by atomic mass is 10.1. The fraction of sp³-hybridized carbons (Fsp3) is 0.533. The second-order valence-electron chi connectivity index (χ2n) is 5.46. The highest BCUT2D eigenvalue weighted by molar-refractivity contribution is 5.80. The molecule has 22 heavy (non-hydrogen) atoms. The van der Waals surface area contributed by atoms with E-state index < -0.39 is 17.6 Å². The van der Waals surface area contributed by atoms with Crippen molar-refractivity contribution < 1.29 is 17.6 Å². The van der Waals surface area contributed by atoms with Crippen LogP contribution in [0.15, 0.2) is 23.2 Å². The number of nitrogens with one attached hydrogen (secondary N) is 2. The molecule has 2 rings (SSSR count). The maximum absolute atomic E-state index is 13.1. The van der Waals surface area contributed by atoms with E-state index >= 15 is 0 Å². The molecule has 122 valence electrons. The van der Waals surface area contributed by atoms with Gasteiger partial charge in [0.1, 0.15) is 5.82 Å². The average molecular weight is 317 g/mol.